The second kappa shape index (κ2) is 7.49. The first kappa shape index (κ1) is 15.1. The smallest absolute Gasteiger partial charge is 0.0416 e. The minimum absolute atomic E-state index is 0.156. The van der Waals surface area contributed by atoms with E-state index >= 15 is 0 Å². The van der Waals surface area contributed by atoms with Crippen molar-refractivity contribution in [1.29, 1.82) is 0 Å². The molecule has 1 rings (SSSR count). The molecule has 1 heterocycles. The molecule has 0 radical (unpaired) electrons. The van der Waals surface area contributed by atoms with E-state index in [9.17, 15) is 0 Å². The van der Waals surface area contributed by atoms with Gasteiger partial charge in [-0.3, -0.25) is 9.88 Å². The Bertz CT molecular complexity index is 312. The summed E-state index contributed by atoms with van der Waals surface area (Å²) in [6, 6.07) is 6.10. The molecule has 0 unspecified atom stereocenters. The maximum absolute atomic E-state index is 6.02. The summed E-state index contributed by atoms with van der Waals surface area (Å²) in [6.07, 6.45) is 5.07. The zero-order valence-corrected chi connectivity index (χ0v) is 12.0. The van der Waals surface area contributed by atoms with E-state index in [-0.39, 0.29) is 5.54 Å². The first-order valence-corrected chi connectivity index (χ1v) is 7.07. The zero-order valence-electron chi connectivity index (χ0n) is 12.0. The van der Waals surface area contributed by atoms with Gasteiger partial charge in [-0.25, -0.2) is 0 Å². The van der Waals surface area contributed by atoms with Crippen LogP contribution in [0.5, 0.6) is 0 Å². The van der Waals surface area contributed by atoms with Gasteiger partial charge in [-0.1, -0.05) is 26.8 Å². The predicted molar refractivity (Wildman–Crippen MR) is 77.6 cm³/mol. The number of hydrogen-bond acceptors (Lipinski definition) is 3. The van der Waals surface area contributed by atoms with Crippen LogP contribution in [0.25, 0.3) is 0 Å². The van der Waals surface area contributed by atoms with E-state index in [4.69, 9.17) is 5.73 Å². The van der Waals surface area contributed by atoms with Crippen molar-refractivity contribution in [2.24, 2.45) is 5.73 Å². The fourth-order valence-electron chi connectivity index (χ4n) is 2.64. The Hall–Kier alpha value is -0.930. The molecule has 3 nitrogen and oxygen atoms in total. The van der Waals surface area contributed by atoms with E-state index in [1.807, 2.05) is 12.3 Å². The highest BCUT2D eigenvalue weighted by Gasteiger charge is 2.30. The third-order valence-electron chi connectivity index (χ3n) is 4.11. The standard InChI is InChI=1S/C15H27N3/c1-4-15(5-2,13-16)18(6-3)12-10-14-9-7-8-11-17-14/h7-9,11H,4-6,10,12-13,16H2,1-3H3. The summed E-state index contributed by atoms with van der Waals surface area (Å²) in [5.74, 6) is 0. The first-order valence-electron chi connectivity index (χ1n) is 7.07. The topological polar surface area (TPSA) is 42.2 Å². The van der Waals surface area contributed by atoms with Crippen molar-refractivity contribution in [3.8, 4) is 0 Å². The Morgan fingerprint density at radius 2 is 1.94 bits per heavy atom. The normalized spacial score (nSPS) is 12.1. The lowest BCUT2D eigenvalue weighted by Crippen LogP contribution is -2.53. The molecular weight excluding hydrogens is 222 g/mol. The number of nitrogens with zero attached hydrogens (tertiary/aromatic N) is 2. The van der Waals surface area contributed by atoms with Crippen molar-refractivity contribution < 1.29 is 0 Å². The monoisotopic (exact) mass is 249 g/mol. The fourth-order valence-corrected chi connectivity index (χ4v) is 2.64. The Balaban J connectivity index is 2.66. The summed E-state index contributed by atoms with van der Waals surface area (Å²) < 4.78 is 0. The number of likely N-dealkylation sites (N-methyl/N-ethyl adjacent to an activating group) is 1. The minimum atomic E-state index is 0.156. The lowest BCUT2D eigenvalue weighted by atomic mass is 9.90. The summed E-state index contributed by atoms with van der Waals surface area (Å²) in [6.45, 7) is 9.50. The van der Waals surface area contributed by atoms with Crippen LogP contribution in [0.1, 0.15) is 39.3 Å². The Kier molecular flexibility index (Phi) is 6.30. The Morgan fingerprint density at radius 1 is 1.22 bits per heavy atom. The maximum Gasteiger partial charge on any atom is 0.0416 e. The molecular formula is C15H27N3. The molecule has 0 saturated carbocycles. The Morgan fingerprint density at radius 3 is 2.39 bits per heavy atom. The van der Waals surface area contributed by atoms with Gasteiger partial charge in [-0.2, -0.15) is 0 Å². The first-order chi connectivity index (χ1) is 8.72. The highest BCUT2D eigenvalue weighted by atomic mass is 15.2. The number of rotatable bonds is 8. The molecule has 1 aromatic heterocycles. The van der Waals surface area contributed by atoms with Crippen LogP contribution in [0, 0.1) is 0 Å². The van der Waals surface area contributed by atoms with Crippen molar-refractivity contribution in [3.05, 3.63) is 30.1 Å². The van der Waals surface area contributed by atoms with Gasteiger partial charge in [0.15, 0.2) is 0 Å². The molecule has 0 aliphatic rings. The van der Waals surface area contributed by atoms with E-state index in [1.54, 1.807) is 0 Å². The van der Waals surface area contributed by atoms with Crippen molar-refractivity contribution in [2.75, 3.05) is 19.6 Å². The van der Waals surface area contributed by atoms with Gasteiger partial charge in [0.05, 0.1) is 0 Å². The third kappa shape index (κ3) is 3.53. The number of nitrogens with two attached hydrogens (primary N) is 1. The van der Waals surface area contributed by atoms with Crippen LogP contribution in [0.4, 0.5) is 0 Å². The van der Waals surface area contributed by atoms with Crippen LogP contribution in [-0.2, 0) is 6.42 Å². The number of pyridine rings is 1. The van der Waals surface area contributed by atoms with Crippen LogP contribution in [0.15, 0.2) is 24.4 Å². The lowest BCUT2D eigenvalue weighted by Gasteiger charge is -2.42. The lowest BCUT2D eigenvalue weighted by molar-refractivity contribution is 0.0918. The van der Waals surface area contributed by atoms with Gasteiger partial charge in [0.1, 0.15) is 0 Å². The van der Waals surface area contributed by atoms with E-state index in [2.05, 4.69) is 42.8 Å². The largest absolute Gasteiger partial charge is 0.329 e. The van der Waals surface area contributed by atoms with E-state index in [1.165, 1.54) is 0 Å². The van der Waals surface area contributed by atoms with Crippen LogP contribution in [0.2, 0.25) is 0 Å². The number of aromatic nitrogens is 1. The molecule has 102 valence electrons. The average Bonchev–Trinajstić information content (AvgIpc) is 2.45. The summed E-state index contributed by atoms with van der Waals surface area (Å²) >= 11 is 0. The average molecular weight is 249 g/mol. The van der Waals surface area contributed by atoms with E-state index < -0.39 is 0 Å². The summed E-state index contributed by atoms with van der Waals surface area (Å²) in [5.41, 5.74) is 7.33. The highest BCUT2D eigenvalue weighted by Crippen LogP contribution is 2.22. The van der Waals surface area contributed by atoms with Gasteiger partial charge >= 0.3 is 0 Å². The van der Waals surface area contributed by atoms with Gasteiger partial charge in [0, 0.05) is 36.9 Å². The van der Waals surface area contributed by atoms with Crippen LogP contribution in [-0.4, -0.2) is 35.1 Å². The molecule has 18 heavy (non-hydrogen) atoms. The van der Waals surface area contributed by atoms with Crippen molar-refractivity contribution >= 4 is 0 Å². The van der Waals surface area contributed by atoms with Crippen LogP contribution in [0.3, 0.4) is 0 Å². The molecule has 0 atom stereocenters. The van der Waals surface area contributed by atoms with Gasteiger partial charge in [-0.15, -0.1) is 0 Å². The second-order valence-electron chi connectivity index (χ2n) is 4.79. The minimum Gasteiger partial charge on any atom is -0.329 e. The maximum atomic E-state index is 6.02. The molecule has 0 amide bonds. The van der Waals surface area contributed by atoms with Gasteiger partial charge in [-0.05, 0) is 31.5 Å². The molecule has 0 aromatic carbocycles. The molecule has 2 N–H and O–H groups in total. The molecule has 1 aromatic rings. The molecule has 0 fully saturated rings. The van der Waals surface area contributed by atoms with Gasteiger partial charge in [0.2, 0.25) is 0 Å². The van der Waals surface area contributed by atoms with E-state index in [0.717, 1.165) is 44.6 Å². The molecule has 0 bridgehead atoms. The molecule has 0 spiro atoms. The second-order valence-corrected chi connectivity index (χ2v) is 4.79. The Labute approximate surface area is 111 Å². The molecule has 3 heteroatoms. The van der Waals surface area contributed by atoms with Crippen molar-refractivity contribution in [2.45, 2.75) is 45.6 Å². The molecule has 0 saturated heterocycles. The van der Waals surface area contributed by atoms with E-state index in [0.29, 0.717) is 0 Å². The molecule has 0 aliphatic heterocycles. The number of hydrogen-bond donors (Lipinski definition) is 1. The SMILES string of the molecule is CCN(CCc1ccccn1)C(CC)(CC)CN. The van der Waals surface area contributed by atoms with Gasteiger partial charge in [0.25, 0.3) is 0 Å². The quantitative estimate of drug-likeness (QED) is 0.769. The van der Waals surface area contributed by atoms with Crippen LogP contribution >= 0.6 is 0 Å². The highest BCUT2D eigenvalue weighted by molar-refractivity contribution is 5.04. The fraction of sp³-hybridized carbons (Fsp3) is 0.667. The summed E-state index contributed by atoms with van der Waals surface area (Å²) in [4.78, 5) is 6.90. The zero-order chi connectivity index (χ0) is 13.4. The predicted octanol–water partition coefficient (Wildman–Crippen LogP) is 2.46. The summed E-state index contributed by atoms with van der Waals surface area (Å²) in [5, 5.41) is 0. The van der Waals surface area contributed by atoms with Crippen molar-refractivity contribution in [1.82, 2.24) is 9.88 Å². The van der Waals surface area contributed by atoms with Crippen LogP contribution < -0.4 is 5.73 Å². The molecule has 0 aliphatic carbocycles. The summed E-state index contributed by atoms with van der Waals surface area (Å²) in [7, 11) is 0. The third-order valence-corrected chi connectivity index (χ3v) is 4.11. The van der Waals surface area contributed by atoms with Gasteiger partial charge < -0.3 is 5.73 Å². The van der Waals surface area contributed by atoms with Crippen molar-refractivity contribution in [3.63, 3.8) is 0 Å².